The minimum atomic E-state index is 0.445. The van der Waals surface area contributed by atoms with Gasteiger partial charge in [-0.2, -0.15) is 5.26 Å². The number of rotatable bonds is 4. The lowest BCUT2D eigenvalue weighted by Gasteiger charge is -2.10. The van der Waals surface area contributed by atoms with E-state index in [4.69, 9.17) is 5.73 Å². The van der Waals surface area contributed by atoms with Crippen molar-refractivity contribution in [2.45, 2.75) is 26.3 Å². The molecule has 0 saturated carbocycles. The fraction of sp³-hybridized carbons (Fsp3) is 0.286. The number of hydrogen-bond acceptors (Lipinski definition) is 3. The molecular formula is C14H16N4. The normalized spacial score (nSPS) is 10.3. The number of nitrogens with zero attached hydrogens (tertiary/aromatic N) is 3. The van der Waals surface area contributed by atoms with E-state index in [9.17, 15) is 5.26 Å². The second kappa shape index (κ2) is 5.48. The first-order valence-corrected chi connectivity index (χ1v) is 6.05. The molecule has 0 spiro atoms. The van der Waals surface area contributed by atoms with Crippen LogP contribution in [0.15, 0.2) is 30.6 Å². The second-order valence-electron chi connectivity index (χ2n) is 4.13. The Balaban J connectivity index is 2.50. The van der Waals surface area contributed by atoms with Crippen LogP contribution in [0.4, 0.5) is 0 Å². The number of nitrogens with two attached hydrogens (primary N) is 1. The van der Waals surface area contributed by atoms with Crippen LogP contribution in [0.25, 0.3) is 5.69 Å². The Bertz CT molecular complexity index is 578. The summed E-state index contributed by atoms with van der Waals surface area (Å²) in [6.45, 7) is 2.56. The molecule has 2 aromatic rings. The van der Waals surface area contributed by atoms with Crippen LogP contribution in [0, 0.1) is 11.3 Å². The zero-order valence-corrected chi connectivity index (χ0v) is 10.4. The highest BCUT2D eigenvalue weighted by Crippen LogP contribution is 2.18. The van der Waals surface area contributed by atoms with Gasteiger partial charge in [-0.1, -0.05) is 13.0 Å². The third-order valence-corrected chi connectivity index (χ3v) is 2.87. The number of aromatic nitrogens is 2. The molecule has 1 heterocycles. The first kappa shape index (κ1) is 12.3. The molecule has 0 radical (unpaired) electrons. The van der Waals surface area contributed by atoms with Gasteiger partial charge in [0.2, 0.25) is 0 Å². The van der Waals surface area contributed by atoms with E-state index in [0.717, 1.165) is 29.9 Å². The van der Waals surface area contributed by atoms with Crippen molar-refractivity contribution in [3.05, 3.63) is 47.5 Å². The highest BCUT2D eigenvalue weighted by molar-refractivity contribution is 5.51. The van der Waals surface area contributed by atoms with Crippen LogP contribution < -0.4 is 5.73 Å². The molecule has 1 aromatic carbocycles. The molecule has 0 amide bonds. The van der Waals surface area contributed by atoms with Crippen molar-refractivity contribution in [1.82, 2.24) is 9.55 Å². The minimum Gasteiger partial charge on any atom is -0.326 e. The Kier molecular flexibility index (Phi) is 3.75. The van der Waals surface area contributed by atoms with E-state index in [1.54, 1.807) is 6.20 Å². The first-order valence-electron chi connectivity index (χ1n) is 6.05. The Morgan fingerprint density at radius 2 is 2.28 bits per heavy atom. The average Bonchev–Trinajstić information content (AvgIpc) is 2.86. The van der Waals surface area contributed by atoms with E-state index in [2.05, 4.69) is 18.0 Å². The molecule has 2 rings (SSSR count). The molecule has 4 nitrogen and oxygen atoms in total. The molecule has 0 aliphatic carbocycles. The number of benzene rings is 1. The third-order valence-electron chi connectivity index (χ3n) is 2.87. The van der Waals surface area contributed by atoms with Crippen LogP contribution >= 0.6 is 0 Å². The van der Waals surface area contributed by atoms with Crippen molar-refractivity contribution < 1.29 is 0 Å². The van der Waals surface area contributed by atoms with Gasteiger partial charge in [0.1, 0.15) is 11.9 Å². The maximum Gasteiger partial charge on any atom is 0.113 e. The van der Waals surface area contributed by atoms with E-state index in [1.165, 1.54) is 0 Å². The Morgan fingerprint density at radius 3 is 2.94 bits per heavy atom. The second-order valence-corrected chi connectivity index (χ2v) is 4.13. The van der Waals surface area contributed by atoms with Gasteiger partial charge in [0.05, 0.1) is 11.3 Å². The topological polar surface area (TPSA) is 67.6 Å². The van der Waals surface area contributed by atoms with Crippen molar-refractivity contribution in [1.29, 1.82) is 5.26 Å². The summed E-state index contributed by atoms with van der Waals surface area (Å²) >= 11 is 0. The summed E-state index contributed by atoms with van der Waals surface area (Å²) in [6, 6.07) is 7.94. The fourth-order valence-corrected chi connectivity index (χ4v) is 1.97. The molecule has 18 heavy (non-hydrogen) atoms. The predicted octanol–water partition coefficient (Wildman–Crippen LogP) is 2.16. The SMILES string of the molecule is CCCc1nccn1-c1ccc(CN)cc1C#N. The summed E-state index contributed by atoms with van der Waals surface area (Å²) in [4.78, 5) is 4.33. The minimum absolute atomic E-state index is 0.445. The monoisotopic (exact) mass is 240 g/mol. The van der Waals surface area contributed by atoms with Gasteiger partial charge in [-0.15, -0.1) is 0 Å². The van der Waals surface area contributed by atoms with Gasteiger partial charge in [0.25, 0.3) is 0 Å². The molecule has 92 valence electrons. The quantitative estimate of drug-likeness (QED) is 0.890. The highest BCUT2D eigenvalue weighted by Gasteiger charge is 2.09. The lowest BCUT2D eigenvalue weighted by molar-refractivity contribution is 0.808. The molecule has 0 aliphatic heterocycles. The average molecular weight is 240 g/mol. The number of imidazole rings is 1. The van der Waals surface area contributed by atoms with Crippen molar-refractivity contribution in [3.8, 4) is 11.8 Å². The Labute approximate surface area is 107 Å². The summed E-state index contributed by atoms with van der Waals surface area (Å²) in [5.41, 5.74) is 8.06. The van der Waals surface area contributed by atoms with Gasteiger partial charge in [0, 0.05) is 25.4 Å². The predicted molar refractivity (Wildman–Crippen MR) is 70.2 cm³/mol. The fourth-order valence-electron chi connectivity index (χ4n) is 1.97. The number of aryl methyl sites for hydroxylation is 1. The number of nitriles is 1. The van der Waals surface area contributed by atoms with E-state index in [-0.39, 0.29) is 0 Å². The molecule has 2 N–H and O–H groups in total. The van der Waals surface area contributed by atoms with Crippen LogP contribution in [0.1, 0.15) is 30.3 Å². The summed E-state index contributed by atoms with van der Waals surface area (Å²) in [5, 5.41) is 9.23. The van der Waals surface area contributed by atoms with E-state index in [0.29, 0.717) is 12.1 Å². The molecule has 0 aliphatic rings. The lowest BCUT2D eigenvalue weighted by atomic mass is 10.1. The van der Waals surface area contributed by atoms with E-state index in [1.807, 2.05) is 29.0 Å². The van der Waals surface area contributed by atoms with Crippen LogP contribution in [-0.4, -0.2) is 9.55 Å². The van der Waals surface area contributed by atoms with Crippen LogP contribution in [0.2, 0.25) is 0 Å². The molecular weight excluding hydrogens is 224 g/mol. The molecule has 4 heteroatoms. The lowest BCUT2D eigenvalue weighted by Crippen LogP contribution is -2.04. The zero-order chi connectivity index (χ0) is 13.0. The van der Waals surface area contributed by atoms with Gasteiger partial charge in [-0.3, -0.25) is 0 Å². The molecule has 0 unspecified atom stereocenters. The maximum absolute atomic E-state index is 9.23. The van der Waals surface area contributed by atoms with Crippen LogP contribution in [0.3, 0.4) is 0 Å². The largest absolute Gasteiger partial charge is 0.326 e. The van der Waals surface area contributed by atoms with Crippen LogP contribution in [0.5, 0.6) is 0 Å². The van der Waals surface area contributed by atoms with Gasteiger partial charge in [0.15, 0.2) is 0 Å². The van der Waals surface area contributed by atoms with Crippen molar-refractivity contribution in [3.63, 3.8) is 0 Å². The van der Waals surface area contributed by atoms with Gasteiger partial charge < -0.3 is 10.3 Å². The van der Waals surface area contributed by atoms with Crippen LogP contribution in [-0.2, 0) is 13.0 Å². The summed E-state index contributed by atoms with van der Waals surface area (Å²) in [7, 11) is 0. The molecule has 0 saturated heterocycles. The maximum atomic E-state index is 9.23. The van der Waals surface area contributed by atoms with Gasteiger partial charge in [-0.25, -0.2) is 4.98 Å². The molecule has 0 atom stereocenters. The third kappa shape index (κ3) is 2.27. The molecule has 0 fully saturated rings. The van der Waals surface area contributed by atoms with Gasteiger partial charge >= 0.3 is 0 Å². The first-order chi connectivity index (χ1) is 8.80. The standard InChI is InChI=1S/C14H16N4/c1-2-3-14-17-6-7-18(14)13-5-4-11(9-15)8-12(13)10-16/h4-8H,2-3,9,15H2,1H3. The van der Waals surface area contributed by atoms with Gasteiger partial charge in [-0.05, 0) is 24.1 Å². The Morgan fingerprint density at radius 1 is 1.44 bits per heavy atom. The summed E-state index contributed by atoms with van der Waals surface area (Å²) in [5.74, 6) is 0.981. The number of hydrogen-bond donors (Lipinski definition) is 1. The van der Waals surface area contributed by atoms with Crippen molar-refractivity contribution >= 4 is 0 Å². The summed E-state index contributed by atoms with van der Waals surface area (Å²) < 4.78 is 1.97. The van der Waals surface area contributed by atoms with E-state index >= 15 is 0 Å². The van der Waals surface area contributed by atoms with Crippen molar-refractivity contribution in [2.75, 3.05) is 0 Å². The van der Waals surface area contributed by atoms with Crippen molar-refractivity contribution in [2.24, 2.45) is 5.73 Å². The van der Waals surface area contributed by atoms with E-state index < -0.39 is 0 Å². The zero-order valence-electron chi connectivity index (χ0n) is 10.4. The molecule has 0 bridgehead atoms. The smallest absolute Gasteiger partial charge is 0.113 e. The highest BCUT2D eigenvalue weighted by atomic mass is 15.1. The summed E-state index contributed by atoms with van der Waals surface area (Å²) in [6.07, 6.45) is 5.59. The molecule has 1 aromatic heterocycles. The Hall–Kier alpha value is -2.12.